The molecular formula is C14H18N2O2. The number of hydrogen-bond donors (Lipinski definition) is 2. The molecule has 0 aliphatic rings. The lowest BCUT2D eigenvalue weighted by molar-refractivity contribution is -0.140. The fraction of sp³-hybridized carbons (Fsp3) is 0.357. The third-order valence-electron chi connectivity index (χ3n) is 3.17. The zero-order valence-corrected chi connectivity index (χ0v) is 10.7. The molecule has 0 radical (unpaired) electrons. The molecule has 0 fully saturated rings. The topological polar surface area (TPSA) is 54.3 Å². The molecule has 0 saturated carbocycles. The van der Waals surface area contributed by atoms with Gasteiger partial charge >= 0.3 is 5.97 Å². The highest BCUT2D eigenvalue weighted by Gasteiger charge is 2.10. The first-order valence-corrected chi connectivity index (χ1v) is 6.06. The first-order valence-electron chi connectivity index (χ1n) is 6.06. The quantitative estimate of drug-likeness (QED) is 0.848. The van der Waals surface area contributed by atoms with Gasteiger partial charge in [0.2, 0.25) is 0 Å². The number of rotatable bonds is 5. The van der Waals surface area contributed by atoms with E-state index in [1.54, 1.807) is 6.92 Å². The van der Waals surface area contributed by atoms with E-state index in [9.17, 15) is 4.79 Å². The summed E-state index contributed by atoms with van der Waals surface area (Å²) in [6, 6.07) is 8.21. The largest absolute Gasteiger partial charge is 0.481 e. The first-order chi connectivity index (χ1) is 8.59. The van der Waals surface area contributed by atoms with Crippen molar-refractivity contribution in [1.29, 1.82) is 0 Å². The smallest absolute Gasteiger partial charge is 0.307 e. The average Bonchev–Trinajstić information content (AvgIpc) is 2.67. The number of carboxylic acids is 1. The molecule has 0 aliphatic carbocycles. The first kappa shape index (κ1) is 12.6. The minimum atomic E-state index is -0.764. The summed E-state index contributed by atoms with van der Waals surface area (Å²) in [6.45, 7) is 2.88. The van der Waals surface area contributed by atoms with E-state index in [0.717, 1.165) is 0 Å². The van der Waals surface area contributed by atoms with E-state index >= 15 is 0 Å². The van der Waals surface area contributed by atoms with Crippen LogP contribution in [0.2, 0.25) is 0 Å². The maximum absolute atomic E-state index is 10.7. The molecule has 96 valence electrons. The predicted molar refractivity (Wildman–Crippen MR) is 71.4 cm³/mol. The van der Waals surface area contributed by atoms with Gasteiger partial charge in [0.05, 0.1) is 5.92 Å². The van der Waals surface area contributed by atoms with E-state index in [0.29, 0.717) is 13.1 Å². The monoisotopic (exact) mass is 246 g/mol. The zero-order chi connectivity index (χ0) is 13.1. The van der Waals surface area contributed by atoms with E-state index in [1.807, 2.05) is 19.2 Å². The van der Waals surface area contributed by atoms with E-state index in [-0.39, 0.29) is 5.92 Å². The number of nitrogens with zero attached hydrogens (tertiary/aromatic N) is 1. The normalized spacial score (nSPS) is 12.8. The van der Waals surface area contributed by atoms with E-state index in [2.05, 4.69) is 28.2 Å². The lowest BCUT2D eigenvalue weighted by atomic mass is 10.1. The van der Waals surface area contributed by atoms with Gasteiger partial charge < -0.3 is 15.0 Å². The van der Waals surface area contributed by atoms with Crippen LogP contribution in [0.25, 0.3) is 10.9 Å². The van der Waals surface area contributed by atoms with Crippen LogP contribution in [0.1, 0.15) is 12.5 Å². The van der Waals surface area contributed by atoms with Crippen molar-refractivity contribution < 1.29 is 9.90 Å². The van der Waals surface area contributed by atoms with Crippen molar-refractivity contribution in [2.75, 3.05) is 6.54 Å². The average molecular weight is 246 g/mol. The summed E-state index contributed by atoms with van der Waals surface area (Å²) in [7, 11) is 2.02. The molecule has 1 unspecified atom stereocenters. The molecule has 0 amide bonds. The second-order valence-electron chi connectivity index (χ2n) is 4.65. The van der Waals surface area contributed by atoms with Crippen LogP contribution >= 0.6 is 0 Å². The van der Waals surface area contributed by atoms with Crippen LogP contribution in [-0.2, 0) is 18.4 Å². The molecule has 1 aromatic carbocycles. The summed E-state index contributed by atoms with van der Waals surface area (Å²) in [4.78, 5) is 10.7. The summed E-state index contributed by atoms with van der Waals surface area (Å²) in [6.07, 6.45) is 2.09. The van der Waals surface area contributed by atoms with Gasteiger partial charge in [-0.3, -0.25) is 4.79 Å². The number of aliphatic carboxylic acids is 1. The lowest BCUT2D eigenvalue weighted by Gasteiger charge is -2.07. The van der Waals surface area contributed by atoms with Gasteiger partial charge in [-0.25, -0.2) is 0 Å². The fourth-order valence-corrected chi connectivity index (χ4v) is 2.08. The second kappa shape index (κ2) is 5.23. The number of hydrogen-bond acceptors (Lipinski definition) is 2. The van der Waals surface area contributed by atoms with Crippen molar-refractivity contribution in [2.24, 2.45) is 13.0 Å². The van der Waals surface area contributed by atoms with Gasteiger partial charge in [0.15, 0.2) is 0 Å². The Bertz CT molecular complexity index is 560. The van der Waals surface area contributed by atoms with Crippen LogP contribution in [0.15, 0.2) is 30.5 Å². The van der Waals surface area contributed by atoms with Crippen molar-refractivity contribution in [1.82, 2.24) is 9.88 Å². The predicted octanol–water partition coefficient (Wildman–Crippen LogP) is 1.99. The molecule has 4 nitrogen and oxygen atoms in total. The number of fused-ring (bicyclic) bond motifs is 1. The van der Waals surface area contributed by atoms with Gasteiger partial charge in [0, 0.05) is 37.2 Å². The third kappa shape index (κ3) is 2.54. The zero-order valence-electron chi connectivity index (χ0n) is 10.7. The van der Waals surface area contributed by atoms with Crippen LogP contribution in [0.3, 0.4) is 0 Å². The number of aryl methyl sites for hydroxylation is 1. The molecule has 0 spiro atoms. The number of para-hydroxylation sites is 1. The van der Waals surface area contributed by atoms with Gasteiger partial charge in [0.1, 0.15) is 0 Å². The molecule has 2 N–H and O–H groups in total. The standard InChI is InChI=1S/C14H18N2O2/c1-10(14(17)18)7-15-8-11-9-16(2)13-6-4-3-5-12(11)13/h3-6,9-10,15H,7-8H2,1-2H3,(H,17,18). The van der Waals surface area contributed by atoms with Crippen molar-refractivity contribution in [3.8, 4) is 0 Å². The van der Waals surface area contributed by atoms with Gasteiger partial charge in [0.25, 0.3) is 0 Å². The van der Waals surface area contributed by atoms with Crippen molar-refractivity contribution in [2.45, 2.75) is 13.5 Å². The van der Waals surface area contributed by atoms with Crippen molar-refractivity contribution in [3.63, 3.8) is 0 Å². The van der Waals surface area contributed by atoms with Crippen molar-refractivity contribution in [3.05, 3.63) is 36.0 Å². The van der Waals surface area contributed by atoms with Crippen LogP contribution in [0.4, 0.5) is 0 Å². The van der Waals surface area contributed by atoms with Crippen LogP contribution in [-0.4, -0.2) is 22.2 Å². The maximum Gasteiger partial charge on any atom is 0.307 e. The molecule has 18 heavy (non-hydrogen) atoms. The van der Waals surface area contributed by atoms with Gasteiger partial charge in [-0.15, -0.1) is 0 Å². The van der Waals surface area contributed by atoms with Crippen molar-refractivity contribution >= 4 is 16.9 Å². The highest BCUT2D eigenvalue weighted by Crippen LogP contribution is 2.19. The summed E-state index contributed by atoms with van der Waals surface area (Å²) >= 11 is 0. The number of aromatic nitrogens is 1. The molecule has 0 bridgehead atoms. The Morgan fingerprint density at radius 1 is 1.44 bits per heavy atom. The molecule has 2 rings (SSSR count). The summed E-state index contributed by atoms with van der Waals surface area (Å²) in [5.41, 5.74) is 2.39. The minimum Gasteiger partial charge on any atom is -0.481 e. The minimum absolute atomic E-state index is 0.361. The Balaban J connectivity index is 2.06. The molecule has 1 atom stereocenters. The van der Waals surface area contributed by atoms with E-state index < -0.39 is 5.97 Å². The molecule has 4 heteroatoms. The summed E-state index contributed by atoms with van der Waals surface area (Å²) < 4.78 is 2.09. The molecule has 0 aliphatic heterocycles. The number of benzene rings is 1. The highest BCUT2D eigenvalue weighted by molar-refractivity contribution is 5.83. The maximum atomic E-state index is 10.7. The highest BCUT2D eigenvalue weighted by atomic mass is 16.4. The Labute approximate surface area is 106 Å². The molecule has 1 heterocycles. The SMILES string of the molecule is CC(CNCc1cn(C)c2ccccc12)C(=O)O. The van der Waals surface area contributed by atoms with Gasteiger partial charge in [-0.1, -0.05) is 25.1 Å². The summed E-state index contributed by atoms with van der Waals surface area (Å²) in [5.74, 6) is -1.12. The summed E-state index contributed by atoms with van der Waals surface area (Å²) in [5, 5.41) is 13.2. The van der Waals surface area contributed by atoms with Gasteiger partial charge in [-0.2, -0.15) is 0 Å². The Kier molecular flexibility index (Phi) is 3.67. The Morgan fingerprint density at radius 3 is 2.89 bits per heavy atom. The molecule has 2 aromatic rings. The van der Waals surface area contributed by atoms with Crippen LogP contribution in [0.5, 0.6) is 0 Å². The van der Waals surface area contributed by atoms with E-state index in [4.69, 9.17) is 5.11 Å². The molecule has 1 aromatic heterocycles. The Morgan fingerprint density at radius 2 is 2.17 bits per heavy atom. The Hall–Kier alpha value is -1.81. The number of carboxylic acid groups (broad SMARTS) is 1. The van der Waals surface area contributed by atoms with Crippen LogP contribution in [0, 0.1) is 5.92 Å². The lowest BCUT2D eigenvalue weighted by Crippen LogP contribution is -2.25. The van der Waals surface area contributed by atoms with E-state index in [1.165, 1.54) is 16.5 Å². The number of nitrogens with one attached hydrogen (secondary N) is 1. The number of carbonyl (C=O) groups is 1. The fourth-order valence-electron chi connectivity index (χ4n) is 2.08. The second-order valence-corrected chi connectivity index (χ2v) is 4.65. The van der Waals surface area contributed by atoms with Gasteiger partial charge in [-0.05, 0) is 11.6 Å². The van der Waals surface area contributed by atoms with Crippen LogP contribution < -0.4 is 5.32 Å². The molecule has 0 saturated heterocycles. The molecular weight excluding hydrogens is 228 g/mol. The third-order valence-corrected chi connectivity index (χ3v) is 3.17.